The molecule has 1 fully saturated rings. The van der Waals surface area contributed by atoms with E-state index in [1.165, 1.54) is 0 Å². The Morgan fingerprint density at radius 1 is 1.00 bits per heavy atom. The summed E-state index contributed by atoms with van der Waals surface area (Å²) in [6.07, 6.45) is 1.94. The van der Waals surface area contributed by atoms with Crippen LogP contribution in [0.4, 0.5) is 5.69 Å². The predicted octanol–water partition coefficient (Wildman–Crippen LogP) is 3.36. The average molecular weight is 494 g/mol. The quantitative estimate of drug-likeness (QED) is 0.498. The highest BCUT2D eigenvalue weighted by Gasteiger charge is 2.28. The van der Waals surface area contributed by atoms with Crippen LogP contribution in [0.3, 0.4) is 0 Å². The van der Waals surface area contributed by atoms with Gasteiger partial charge in [0.2, 0.25) is 15.9 Å². The summed E-state index contributed by atoms with van der Waals surface area (Å²) in [4.78, 5) is 39.3. The molecule has 2 aromatic carbocycles. The topological polar surface area (TPSA) is 114 Å². The Morgan fingerprint density at radius 3 is 2.37 bits per heavy atom. The molecule has 0 unspecified atom stereocenters. The van der Waals surface area contributed by atoms with Gasteiger partial charge in [-0.25, -0.2) is 0 Å². The first-order valence-electron chi connectivity index (χ1n) is 11.4. The van der Waals surface area contributed by atoms with Gasteiger partial charge in [0.25, 0.3) is 11.8 Å². The molecule has 3 amide bonds. The highest BCUT2D eigenvalue weighted by Crippen LogP contribution is 2.23. The number of hydrogen-bond donors (Lipinski definition) is 2. The number of likely N-dealkylation sites (tertiary alicyclic amines) is 1. The normalized spacial score (nSPS) is 13.8. The standard InChI is InChI=1S/C25H27N5O4S/c1-34-20-9-7-19(8-10-20)27-22(32)23-28-29-24(35-23)25(33)30-13-11-17(12-14-30)15-21(31)26-16-18-5-3-2-4-6-18/h2-10,17H,11-16H2,1H3,(H,26,31)(H,27,32). The second-order valence-corrected chi connectivity index (χ2v) is 9.27. The van der Waals surface area contributed by atoms with Gasteiger partial charge in [-0.2, -0.15) is 0 Å². The van der Waals surface area contributed by atoms with Crippen molar-refractivity contribution in [2.75, 3.05) is 25.5 Å². The third-order valence-corrected chi connectivity index (χ3v) is 6.77. The van der Waals surface area contributed by atoms with Gasteiger partial charge >= 0.3 is 0 Å². The number of benzene rings is 2. The molecule has 0 saturated carbocycles. The summed E-state index contributed by atoms with van der Waals surface area (Å²) < 4.78 is 5.10. The number of anilines is 1. The van der Waals surface area contributed by atoms with Gasteiger partial charge in [-0.05, 0) is 48.6 Å². The zero-order valence-electron chi connectivity index (χ0n) is 19.4. The molecular formula is C25H27N5O4S. The van der Waals surface area contributed by atoms with Crippen LogP contribution >= 0.6 is 11.3 Å². The Balaban J connectivity index is 1.23. The molecule has 0 aliphatic carbocycles. The summed E-state index contributed by atoms with van der Waals surface area (Å²) in [5, 5.41) is 13.8. The van der Waals surface area contributed by atoms with E-state index < -0.39 is 5.91 Å². The van der Waals surface area contributed by atoms with E-state index in [1.807, 2.05) is 30.3 Å². The van der Waals surface area contributed by atoms with E-state index in [2.05, 4.69) is 20.8 Å². The molecule has 1 aromatic heterocycles. The van der Waals surface area contributed by atoms with Crippen LogP contribution in [0.25, 0.3) is 0 Å². The fraction of sp³-hybridized carbons (Fsp3) is 0.320. The zero-order valence-corrected chi connectivity index (χ0v) is 20.2. The fourth-order valence-corrected chi connectivity index (χ4v) is 4.57. The van der Waals surface area contributed by atoms with Crippen LogP contribution in [-0.4, -0.2) is 53.0 Å². The highest BCUT2D eigenvalue weighted by atomic mass is 32.1. The molecule has 1 aliphatic rings. The van der Waals surface area contributed by atoms with E-state index in [0.717, 1.165) is 29.7 Å². The van der Waals surface area contributed by atoms with E-state index in [9.17, 15) is 14.4 Å². The first-order chi connectivity index (χ1) is 17.0. The van der Waals surface area contributed by atoms with Crippen molar-refractivity contribution in [3.63, 3.8) is 0 Å². The van der Waals surface area contributed by atoms with Crippen LogP contribution < -0.4 is 15.4 Å². The van der Waals surface area contributed by atoms with Gasteiger partial charge in [-0.15, -0.1) is 10.2 Å². The minimum atomic E-state index is -0.424. The van der Waals surface area contributed by atoms with Crippen LogP contribution in [0.2, 0.25) is 0 Å². The summed E-state index contributed by atoms with van der Waals surface area (Å²) in [7, 11) is 1.57. The Kier molecular flexibility index (Phi) is 8.04. The molecule has 182 valence electrons. The largest absolute Gasteiger partial charge is 0.497 e. The average Bonchev–Trinajstić information content (AvgIpc) is 3.39. The molecule has 0 spiro atoms. The van der Waals surface area contributed by atoms with E-state index in [0.29, 0.717) is 37.5 Å². The van der Waals surface area contributed by atoms with E-state index >= 15 is 0 Å². The number of amides is 3. The van der Waals surface area contributed by atoms with Gasteiger partial charge in [-0.3, -0.25) is 14.4 Å². The Labute approximate surface area is 207 Å². The van der Waals surface area contributed by atoms with Crippen LogP contribution in [0, 0.1) is 5.92 Å². The predicted molar refractivity (Wildman–Crippen MR) is 132 cm³/mol. The van der Waals surface area contributed by atoms with Gasteiger partial charge in [0, 0.05) is 31.7 Å². The number of methoxy groups -OCH3 is 1. The van der Waals surface area contributed by atoms with Gasteiger partial charge in [-0.1, -0.05) is 41.7 Å². The maximum absolute atomic E-state index is 12.9. The van der Waals surface area contributed by atoms with Crippen molar-refractivity contribution in [1.29, 1.82) is 0 Å². The molecule has 0 bridgehead atoms. The minimum absolute atomic E-state index is 0.0234. The van der Waals surface area contributed by atoms with Gasteiger partial charge in [0.15, 0.2) is 0 Å². The van der Waals surface area contributed by atoms with E-state index in [1.54, 1.807) is 36.3 Å². The number of ether oxygens (including phenoxy) is 1. The molecule has 0 atom stereocenters. The monoisotopic (exact) mass is 493 g/mol. The molecule has 3 aromatic rings. The number of carbonyl (C=O) groups is 3. The molecule has 0 radical (unpaired) electrons. The lowest BCUT2D eigenvalue weighted by atomic mass is 9.93. The van der Waals surface area contributed by atoms with E-state index in [4.69, 9.17) is 4.74 Å². The Morgan fingerprint density at radius 2 is 1.69 bits per heavy atom. The highest BCUT2D eigenvalue weighted by molar-refractivity contribution is 7.15. The third kappa shape index (κ3) is 6.63. The molecule has 1 aliphatic heterocycles. The Bertz CT molecular complexity index is 1160. The first kappa shape index (κ1) is 24.3. The smallest absolute Gasteiger partial charge is 0.286 e. The second kappa shape index (κ2) is 11.6. The first-order valence-corrected chi connectivity index (χ1v) is 12.2. The van der Waals surface area contributed by atoms with Crippen LogP contribution in [0.1, 0.15) is 44.4 Å². The number of piperidine rings is 1. The number of carbonyl (C=O) groups excluding carboxylic acids is 3. The second-order valence-electron chi connectivity index (χ2n) is 8.30. The van der Waals surface area contributed by atoms with Crippen molar-refractivity contribution in [2.45, 2.75) is 25.8 Å². The summed E-state index contributed by atoms with van der Waals surface area (Å²) in [6, 6.07) is 16.7. The zero-order chi connectivity index (χ0) is 24.6. The molecule has 4 rings (SSSR count). The van der Waals surface area contributed by atoms with Crippen molar-refractivity contribution < 1.29 is 19.1 Å². The lowest BCUT2D eigenvalue weighted by Crippen LogP contribution is -2.39. The molecule has 2 N–H and O–H groups in total. The van der Waals surface area contributed by atoms with Crippen molar-refractivity contribution in [1.82, 2.24) is 20.4 Å². The third-order valence-electron chi connectivity index (χ3n) is 5.86. The maximum Gasteiger partial charge on any atom is 0.286 e. The SMILES string of the molecule is COc1ccc(NC(=O)c2nnc(C(=O)N3CCC(CC(=O)NCc4ccccc4)CC3)s2)cc1. The van der Waals surface area contributed by atoms with Crippen molar-refractivity contribution in [3.05, 3.63) is 70.2 Å². The molecule has 2 heterocycles. The van der Waals surface area contributed by atoms with Crippen molar-refractivity contribution in [3.8, 4) is 5.75 Å². The van der Waals surface area contributed by atoms with Crippen LogP contribution in [0.5, 0.6) is 5.75 Å². The number of nitrogens with zero attached hydrogens (tertiary/aromatic N) is 3. The maximum atomic E-state index is 12.9. The fourth-order valence-electron chi connectivity index (χ4n) is 3.87. The molecule has 9 nitrogen and oxygen atoms in total. The van der Waals surface area contributed by atoms with Gasteiger partial charge in [0.1, 0.15) is 5.75 Å². The lowest BCUT2D eigenvalue weighted by Gasteiger charge is -2.31. The minimum Gasteiger partial charge on any atom is -0.497 e. The van der Waals surface area contributed by atoms with Crippen molar-refractivity contribution >= 4 is 34.7 Å². The summed E-state index contributed by atoms with van der Waals surface area (Å²) in [6.45, 7) is 1.60. The van der Waals surface area contributed by atoms with Gasteiger partial charge in [0.05, 0.1) is 7.11 Å². The van der Waals surface area contributed by atoms with E-state index in [-0.39, 0.29) is 27.7 Å². The number of rotatable bonds is 8. The summed E-state index contributed by atoms with van der Waals surface area (Å²) in [5.41, 5.74) is 1.66. The number of aromatic nitrogens is 2. The van der Waals surface area contributed by atoms with Crippen LogP contribution in [-0.2, 0) is 11.3 Å². The van der Waals surface area contributed by atoms with Gasteiger partial charge < -0.3 is 20.3 Å². The van der Waals surface area contributed by atoms with Crippen LogP contribution in [0.15, 0.2) is 54.6 Å². The van der Waals surface area contributed by atoms with Crippen molar-refractivity contribution in [2.24, 2.45) is 5.92 Å². The Hall–Kier alpha value is -3.79. The number of nitrogens with one attached hydrogen (secondary N) is 2. The summed E-state index contributed by atoms with van der Waals surface area (Å²) in [5.74, 6) is 0.277. The lowest BCUT2D eigenvalue weighted by molar-refractivity contribution is -0.122. The molecule has 1 saturated heterocycles. The number of hydrogen-bond acceptors (Lipinski definition) is 7. The molecule has 10 heteroatoms. The molecular weight excluding hydrogens is 466 g/mol. The summed E-state index contributed by atoms with van der Waals surface area (Å²) >= 11 is 0.971. The molecule has 35 heavy (non-hydrogen) atoms.